The number of rotatable bonds is 3. The van der Waals surface area contributed by atoms with Gasteiger partial charge in [0.2, 0.25) is 0 Å². The number of aliphatic hydroxyl groups excluding tert-OH is 2. The Morgan fingerprint density at radius 1 is 1.44 bits per heavy atom. The van der Waals surface area contributed by atoms with E-state index in [1.807, 2.05) is 0 Å². The lowest BCUT2D eigenvalue weighted by atomic mass is 10.1. The molecule has 0 aliphatic rings. The van der Waals surface area contributed by atoms with Gasteiger partial charge in [-0.1, -0.05) is 0 Å². The van der Waals surface area contributed by atoms with E-state index in [0.717, 1.165) is 0 Å². The number of aromatic amines is 1. The van der Waals surface area contributed by atoms with Gasteiger partial charge in [0.1, 0.15) is 18.2 Å². The number of nitrogens with zero attached hydrogens (tertiary/aromatic N) is 3. The Labute approximate surface area is 95.3 Å². The fraction of sp³-hybridized carbons (Fsp3) is 0.375. The summed E-state index contributed by atoms with van der Waals surface area (Å²) in [6, 6.07) is 0. The molecule has 0 amide bonds. The second-order valence-electron chi connectivity index (χ2n) is 3.26. The predicted octanol–water partition coefficient (Wildman–Crippen LogP) is -0.432. The summed E-state index contributed by atoms with van der Waals surface area (Å²) in [5, 5.41) is 26.0. The molecule has 0 saturated carbocycles. The van der Waals surface area contributed by atoms with Crippen LogP contribution in [0, 0.1) is 0 Å². The number of hydrogen-bond acceptors (Lipinski definition) is 6. The van der Waals surface area contributed by atoms with Crippen LogP contribution in [0.4, 0.5) is 5.82 Å². The molecule has 2 aromatic rings. The maximum Gasteiger partial charge on any atom is 0.186 e. The number of halogens is 1. The Morgan fingerprint density at radius 2 is 2.19 bits per heavy atom. The van der Waals surface area contributed by atoms with Gasteiger partial charge in [0.05, 0.1) is 23.1 Å². The molecule has 2 heterocycles. The van der Waals surface area contributed by atoms with Gasteiger partial charge in [-0.25, -0.2) is 9.97 Å². The number of fused-ring (bicyclic) bond motifs is 1. The molecule has 5 N–H and O–H groups in total. The van der Waals surface area contributed by atoms with Crippen molar-refractivity contribution in [1.82, 2.24) is 20.2 Å². The molecule has 0 aromatic carbocycles. The molecule has 8 heteroatoms. The van der Waals surface area contributed by atoms with Gasteiger partial charge in [0.25, 0.3) is 0 Å². The predicted molar refractivity (Wildman–Crippen MR) is 57.8 cm³/mol. The van der Waals surface area contributed by atoms with E-state index in [1.54, 1.807) is 0 Å². The zero-order valence-corrected chi connectivity index (χ0v) is 8.89. The van der Waals surface area contributed by atoms with E-state index in [0.29, 0.717) is 11.0 Å². The van der Waals surface area contributed by atoms with Gasteiger partial charge < -0.3 is 15.9 Å². The number of anilines is 1. The minimum absolute atomic E-state index is 0.102. The molecule has 0 fully saturated rings. The molecule has 7 nitrogen and oxygen atoms in total. The van der Waals surface area contributed by atoms with E-state index in [-0.39, 0.29) is 17.4 Å². The second kappa shape index (κ2) is 4.20. The van der Waals surface area contributed by atoms with Gasteiger partial charge in [0, 0.05) is 0 Å². The van der Waals surface area contributed by atoms with Gasteiger partial charge in [-0.15, -0.1) is 11.6 Å². The summed E-state index contributed by atoms with van der Waals surface area (Å²) in [6.07, 6.45) is -1.03. The highest BCUT2D eigenvalue weighted by molar-refractivity contribution is 6.18. The normalized spacial score (nSPS) is 15.2. The highest BCUT2D eigenvalue weighted by atomic mass is 35.5. The van der Waals surface area contributed by atoms with Crippen molar-refractivity contribution in [2.24, 2.45) is 0 Å². The summed E-state index contributed by atoms with van der Waals surface area (Å²) in [5.41, 5.74) is 6.25. The molecule has 16 heavy (non-hydrogen) atoms. The van der Waals surface area contributed by atoms with E-state index in [9.17, 15) is 10.2 Å². The van der Waals surface area contributed by atoms with Crippen LogP contribution in [-0.2, 0) is 0 Å². The van der Waals surface area contributed by atoms with Crippen LogP contribution in [0.3, 0.4) is 0 Å². The standard InChI is InChI=1S/C8H10ClN5O2/c9-1-3(15)6(16)5-4-7(10)11-2-12-8(4)14-13-5/h2-3,6,15-16H,1H2,(H3,10,11,12,13,14). The third-order valence-electron chi connectivity index (χ3n) is 2.23. The first-order chi connectivity index (χ1) is 7.65. The molecule has 0 aliphatic carbocycles. The average Bonchev–Trinajstić information content (AvgIpc) is 2.72. The molecule has 2 rings (SSSR count). The minimum atomic E-state index is -1.20. The van der Waals surface area contributed by atoms with Crippen molar-refractivity contribution in [3.8, 4) is 0 Å². The van der Waals surface area contributed by atoms with Crippen LogP contribution in [0.2, 0.25) is 0 Å². The molecule has 2 atom stereocenters. The SMILES string of the molecule is Nc1ncnc2n[nH]c(C(O)C(O)CCl)c12. The first-order valence-corrected chi connectivity index (χ1v) is 5.05. The van der Waals surface area contributed by atoms with Crippen molar-refractivity contribution in [2.75, 3.05) is 11.6 Å². The maximum atomic E-state index is 9.78. The van der Waals surface area contributed by atoms with Gasteiger partial charge in [-0.3, -0.25) is 5.10 Å². The summed E-state index contributed by atoms with van der Waals surface area (Å²) in [6.45, 7) is 0. The second-order valence-corrected chi connectivity index (χ2v) is 3.57. The Morgan fingerprint density at radius 3 is 2.88 bits per heavy atom. The molecule has 86 valence electrons. The lowest BCUT2D eigenvalue weighted by molar-refractivity contribution is 0.0308. The summed E-state index contributed by atoms with van der Waals surface area (Å²) in [4.78, 5) is 7.66. The Balaban J connectivity index is 2.53. The topological polar surface area (TPSA) is 121 Å². The van der Waals surface area contributed by atoms with Crippen LogP contribution in [0.25, 0.3) is 11.0 Å². The highest BCUT2D eigenvalue weighted by Gasteiger charge is 2.23. The number of aromatic nitrogens is 4. The van der Waals surface area contributed by atoms with Gasteiger partial charge in [-0.05, 0) is 0 Å². The van der Waals surface area contributed by atoms with Crippen LogP contribution in [-0.4, -0.2) is 42.4 Å². The fourth-order valence-corrected chi connectivity index (χ4v) is 1.56. The molecule has 2 unspecified atom stereocenters. The number of nitrogens with one attached hydrogen (secondary N) is 1. The summed E-state index contributed by atoms with van der Waals surface area (Å²) >= 11 is 5.45. The van der Waals surface area contributed by atoms with Crippen LogP contribution >= 0.6 is 11.6 Å². The van der Waals surface area contributed by atoms with Crippen LogP contribution in [0.5, 0.6) is 0 Å². The van der Waals surface area contributed by atoms with Crippen molar-refractivity contribution < 1.29 is 10.2 Å². The molecule has 2 aromatic heterocycles. The first kappa shape index (κ1) is 11.1. The van der Waals surface area contributed by atoms with Gasteiger partial charge in [-0.2, -0.15) is 5.10 Å². The smallest absolute Gasteiger partial charge is 0.186 e. The third-order valence-corrected chi connectivity index (χ3v) is 2.54. The molecular weight excluding hydrogens is 234 g/mol. The van der Waals surface area contributed by atoms with Crippen molar-refractivity contribution >= 4 is 28.5 Å². The van der Waals surface area contributed by atoms with Crippen LogP contribution in [0.1, 0.15) is 11.8 Å². The number of hydrogen-bond donors (Lipinski definition) is 4. The molecule has 0 radical (unpaired) electrons. The van der Waals surface area contributed by atoms with Gasteiger partial charge >= 0.3 is 0 Å². The number of nitrogens with two attached hydrogens (primary N) is 1. The molecular formula is C8H10ClN5O2. The number of nitrogen functional groups attached to an aromatic ring is 1. The number of H-pyrrole nitrogens is 1. The molecule has 0 bridgehead atoms. The van der Waals surface area contributed by atoms with Crippen molar-refractivity contribution in [3.63, 3.8) is 0 Å². The van der Waals surface area contributed by atoms with E-state index < -0.39 is 12.2 Å². The fourth-order valence-electron chi connectivity index (χ4n) is 1.39. The molecule has 0 saturated heterocycles. The molecule has 0 aliphatic heterocycles. The van der Waals surface area contributed by atoms with E-state index in [1.165, 1.54) is 6.33 Å². The monoisotopic (exact) mass is 243 g/mol. The lowest BCUT2D eigenvalue weighted by Crippen LogP contribution is -2.20. The van der Waals surface area contributed by atoms with E-state index in [4.69, 9.17) is 17.3 Å². The van der Waals surface area contributed by atoms with Crippen molar-refractivity contribution in [1.29, 1.82) is 0 Å². The van der Waals surface area contributed by atoms with Crippen molar-refractivity contribution in [2.45, 2.75) is 12.2 Å². The van der Waals surface area contributed by atoms with E-state index in [2.05, 4.69) is 20.2 Å². The Kier molecular flexibility index (Phi) is 2.90. The summed E-state index contributed by atoms with van der Waals surface area (Å²) in [5.74, 6) is 0.0875. The largest absolute Gasteiger partial charge is 0.389 e. The summed E-state index contributed by atoms with van der Waals surface area (Å²) in [7, 11) is 0. The maximum absolute atomic E-state index is 9.78. The number of aliphatic hydroxyl groups is 2. The minimum Gasteiger partial charge on any atom is -0.389 e. The molecule has 0 spiro atoms. The first-order valence-electron chi connectivity index (χ1n) is 4.51. The lowest BCUT2D eigenvalue weighted by Gasteiger charge is -2.13. The third kappa shape index (κ3) is 1.69. The number of alkyl halides is 1. The van der Waals surface area contributed by atoms with Crippen molar-refractivity contribution in [3.05, 3.63) is 12.0 Å². The zero-order chi connectivity index (χ0) is 11.7. The van der Waals surface area contributed by atoms with E-state index >= 15 is 0 Å². The van der Waals surface area contributed by atoms with Gasteiger partial charge in [0.15, 0.2) is 5.65 Å². The quantitative estimate of drug-likeness (QED) is 0.543. The summed E-state index contributed by atoms with van der Waals surface area (Å²) < 4.78 is 0. The zero-order valence-electron chi connectivity index (χ0n) is 8.13. The van der Waals surface area contributed by atoms with Crippen LogP contribution < -0.4 is 5.73 Å². The average molecular weight is 244 g/mol. The Hall–Kier alpha value is -1.44. The Bertz CT molecular complexity index is 502. The highest BCUT2D eigenvalue weighted by Crippen LogP contribution is 2.26. The van der Waals surface area contributed by atoms with Crippen LogP contribution in [0.15, 0.2) is 6.33 Å².